The average molecular weight is 593 g/mol. The van der Waals surface area contributed by atoms with Gasteiger partial charge in [-0.2, -0.15) is 5.11 Å². The molecule has 9 heteroatoms. The van der Waals surface area contributed by atoms with E-state index in [1.807, 2.05) is 63.2 Å². The predicted molar refractivity (Wildman–Crippen MR) is 173 cm³/mol. The Kier molecular flexibility index (Phi) is 8.41. The van der Waals surface area contributed by atoms with E-state index in [1.54, 1.807) is 42.5 Å². The largest absolute Gasteiger partial charge is 0.505 e. The average Bonchev–Trinajstić information content (AvgIpc) is 2.98. The molecule has 0 spiro atoms. The molecule has 0 heterocycles. The molecule has 0 unspecified atom stereocenters. The fraction of sp³-hybridized carbons (Fsp3) is 0.118. The first-order chi connectivity index (χ1) is 20.6. The van der Waals surface area contributed by atoms with Crippen LogP contribution in [0.5, 0.6) is 11.5 Å². The lowest BCUT2D eigenvalue weighted by Gasteiger charge is -2.11. The molecule has 43 heavy (non-hydrogen) atoms. The van der Waals surface area contributed by atoms with E-state index in [0.717, 1.165) is 16.7 Å². The number of nitrogens with zero attached hydrogens (tertiary/aromatic N) is 4. The van der Waals surface area contributed by atoms with Crippen molar-refractivity contribution in [3.63, 3.8) is 0 Å². The maximum Gasteiger partial charge on any atom is 0.222 e. The van der Waals surface area contributed by atoms with Gasteiger partial charge >= 0.3 is 0 Å². The number of aryl methyl sites for hydroxylation is 3. The number of benzene rings is 5. The van der Waals surface area contributed by atoms with Crippen LogP contribution >= 0.6 is 11.6 Å². The number of hydrogen-bond donors (Lipinski definition) is 3. The van der Waals surface area contributed by atoms with Crippen molar-refractivity contribution >= 4 is 56.9 Å². The first-order valence-electron chi connectivity index (χ1n) is 13.4. The second-order valence-electron chi connectivity index (χ2n) is 10.0. The van der Waals surface area contributed by atoms with Crippen molar-refractivity contribution in [3.8, 4) is 11.5 Å². The quantitative estimate of drug-likeness (QED) is 0.0989. The van der Waals surface area contributed by atoms with Crippen molar-refractivity contribution in [1.82, 2.24) is 0 Å². The van der Waals surface area contributed by atoms with Gasteiger partial charge in [-0.3, -0.25) is 0 Å². The number of ether oxygens (including phenoxy) is 1. The number of azo groups is 1. The normalized spacial score (nSPS) is 12.3. The summed E-state index contributed by atoms with van der Waals surface area (Å²) >= 11 is 6.13. The summed E-state index contributed by atoms with van der Waals surface area (Å²) in [5.41, 5.74) is 4.93. The number of aliphatic imine (C=N–C) groups is 2. The third kappa shape index (κ3) is 6.34. The molecule has 5 rings (SSSR count). The number of halogens is 1. The lowest BCUT2D eigenvalue weighted by Crippen LogP contribution is -2.00. The van der Waals surface area contributed by atoms with Crippen molar-refractivity contribution in [3.05, 3.63) is 118 Å². The summed E-state index contributed by atoms with van der Waals surface area (Å²) in [6.45, 7) is 5.80. The van der Waals surface area contributed by atoms with E-state index in [2.05, 4.69) is 20.2 Å². The third-order valence-corrected chi connectivity index (χ3v) is 7.14. The van der Waals surface area contributed by atoms with Crippen LogP contribution in [0.15, 0.2) is 105 Å². The number of methoxy groups -OCH3 is 1. The van der Waals surface area contributed by atoms with Crippen molar-refractivity contribution in [1.29, 1.82) is 0 Å². The highest BCUT2D eigenvalue weighted by Crippen LogP contribution is 2.40. The molecule has 0 saturated carbocycles. The van der Waals surface area contributed by atoms with Crippen LogP contribution < -0.4 is 4.74 Å². The van der Waals surface area contributed by atoms with Crippen LogP contribution in [0.3, 0.4) is 0 Å². The van der Waals surface area contributed by atoms with E-state index in [9.17, 15) is 15.3 Å². The van der Waals surface area contributed by atoms with Gasteiger partial charge in [-0.1, -0.05) is 59.6 Å². The fourth-order valence-electron chi connectivity index (χ4n) is 4.58. The van der Waals surface area contributed by atoms with Crippen LogP contribution in [-0.2, 0) is 0 Å². The van der Waals surface area contributed by atoms with Crippen molar-refractivity contribution in [2.45, 2.75) is 20.8 Å². The molecule has 0 radical (unpaired) electrons. The second kappa shape index (κ2) is 12.3. The molecule has 216 valence electrons. The zero-order chi connectivity index (χ0) is 30.7. The summed E-state index contributed by atoms with van der Waals surface area (Å²) in [4.78, 5) is 8.67. The molecule has 5 aromatic carbocycles. The zero-order valence-corrected chi connectivity index (χ0v) is 24.8. The molecule has 5 aromatic rings. The van der Waals surface area contributed by atoms with E-state index >= 15 is 0 Å². The molecule has 0 aliphatic heterocycles. The molecule has 0 aromatic heterocycles. The van der Waals surface area contributed by atoms with Crippen LogP contribution in [0, 0.1) is 20.8 Å². The minimum Gasteiger partial charge on any atom is -0.505 e. The Labute approximate surface area is 254 Å². The highest BCUT2D eigenvalue weighted by atomic mass is 35.5. The summed E-state index contributed by atoms with van der Waals surface area (Å²) in [5, 5.41) is 43.7. The Morgan fingerprint density at radius 3 is 2.26 bits per heavy atom. The number of aliphatic hydroxyl groups excluding tert-OH is 2. The maximum atomic E-state index is 11.3. The first kappa shape index (κ1) is 29.3. The van der Waals surface area contributed by atoms with Crippen LogP contribution in [0.1, 0.15) is 27.8 Å². The van der Waals surface area contributed by atoms with Crippen molar-refractivity contribution in [2.24, 2.45) is 20.2 Å². The molecule has 3 N–H and O–H groups in total. The molecular formula is C34H29ClN4O4. The second-order valence-corrected chi connectivity index (χ2v) is 10.5. The molecule has 0 aliphatic rings. The first-order valence-corrected chi connectivity index (χ1v) is 13.8. The van der Waals surface area contributed by atoms with Gasteiger partial charge < -0.3 is 20.1 Å². The van der Waals surface area contributed by atoms with E-state index in [4.69, 9.17) is 16.3 Å². The van der Waals surface area contributed by atoms with E-state index in [0.29, 0.717) is 38.5 Å². The van der Waals surface area contributed by atoms with Gasteiger partial charge in [0.05, 0.1) is 24.0 Å². The number of phenols is 1. The molecule has 0 bridgehead atoms. The van der Waals surface area contributed by atoms with Crippen LogP contribution in [0.2, 0.25) is 5.02 Å². The highest BCUT2D eigenvalue weighted by Gasteiger charge is 2.18. The lowest BCUT2D eigenvalue weighted by atomic mass is 10.0. The van der Waals surface area contributed by atoms with Gasteiger partial charge in [0.1, 0.15) is 17.1 Å². The SMILES string of the molecule is COc1ccc(Cl)cc1N=C(O)c1cc2ccccc2c(N=Nc2cc(C(O)=Nc3ccc(C)cc3C)ccc2C)c1O. The molecule has 0 saturated heterocycles. The Morgan fingerprint density at radius 1 is 0.721 bits per heavy atom. The topological polar surface area (TPSA) is 119 Å². The van der Waals surface area contributed by atoms with Crippen molar-refractivity contribution in [2.75, 3.05) is 7.11 Å². The van der Waals surface area contributed by atoms with Crippen LogP contribution in [0.4, 0.5) is 22.7 Å². The Balaban J connectivity index is 1.57. The highest BCUT2D eigenvalue weighted by molar-refractivity contribution is 6.31. The number of aromatic hydroxyl groups is 1. The van der Waals surface area contributed by atoms with Gasteiger partial charge in [0.15, 0.2) is 5.75 Å². The smallest absolute Gasteiger partial charge is 0.222 e. The summed E-state index contributed by atoms with van der Waals surface area (Å²) < 4.78 is 5.33. The Morgan fingerprint density at radius 2 is 1.49 bits per heavy atom. The van der Waals surface area contributed by atoms with Crippen LogP contribution in [-0.4, -0.2) is 34.2 Å². The minimum atomic E-state index is -0.453. The summed E-state index contributed by atoms with van der Waals surface area (Å²) in [6, 6.07) is 24.8. The molecule has 0 atom stereocenters. The molecule has 0 amide bonds. The Bertz CT molecular complexity index is 1950. The van der Waals surface area contributed by atoms with E-state index in [1.165, 1.54) is 7.11 Å². The lowest BCUT2D eigenvalue weighted by molar-refractivity contribution is 0.416. The number of rotatable bonds is 7. The molecule has 0 aliphatic carbocycles. The van der Waals surface area contributed by atoms with Crippen molar-refractivity contribution < 1.29 is 20.1 Å². The number of aliphatic hydroxyl groups is 2. The minimum absolute atomic E-state index is 0.0541. The molecule has 8 nitrogen and oxygen atoms in total. The van der Waals surface area contributed by atoms with E-state index < -0.39 is 5.90 Å². The van der Waals surface area contributed by atoms with Gasteiger partial charge in [0.25, 0.3) is 0 Å². The molecular weight excluding hydrogens is 564 g/mol. The van der Waals surface area contributed by atoms with E-state index in [-0.39, 0.29) is 28.6 Å². The fourth-order valence-corrected chi connectivity index (χ4v) is 4.75. The Hall–Kier alpha value is -5.21. The van der Waals surface area contributed by atoms with Gasteiger partial charge in [-0.05, 0) is 79.7 Å². The number of hydrogen-bond acceptors (Lipinski definition) is 6. The summed E-state index contributed by atoms with van der Waals surface area (Å²) in [5.74, 6) is -0.518. The summed E-state index contributed by atoms with van der Waals surface area (Å²) in [7, 11) is 1.48. The van der Waals surface area contributed by atoms with Crippen LogP contribution in [0.25, 0.3) is 10.8 Å². The monoisotopic (exact) mass is 592 g/mol. The standard InChI is InChI=1S/C34H29ClN4O4/c1-19-9-13-27(21(3)15-19)36-33(41)23-11-10-20(2)28(17-23)38-39-31-25-8-6-5-7-22(25)16-26(32(31)40)34(42)37-29-18-24(35)12-14-30(29)43-4/h5-18,40H,1-4H3,(H,36,41)(H,37,42). The predicted octanol–water partition coefficient (Wildman–Crippen LogP) is 9.82. The maximum absolute atomic E-state index is 11.3. The molecule has 0 fully saturated rings. The number of fused-ring (bicyclic) bond motifs is 1. The zero-order valence-electron chi connectivity index (χ0n) is 24.0. The third-order valence-electron chi connectivity index (χ3n) is 6.91. The van der Waals surface area contributed by atoms with Gasteiger partial charge in [-0.15, -0.1) is 5.11 Å². The summed E-state index contributed by atoms with van der Waals surface area (Å²) in [6.07, 6.45) is 0. The van der Waals surface area contributed by atoms with Gasteiger partial charge in [0, 0.05) is 16.0 Å². The van der Waals surface area contributed by atoms with Gasteiger partial charge in [0.2, 0.25) is 11.8 Å². The van der Waals surface area contributed by atoms with Gasteiger partial charge in [-0.25, -0.2) is 9.98 Å². The number of phenolic OH excluding ortho intramolecular Hbond substituents is 1.